The predicted molar refractivity (Wildman–Crippen MR) is 51.6 cm³/mol. The lowest BCUT2D eigenvalue weighted by Crippen LogP contribution is -2.45. The number of nitrogens with one attached hydrogen (secondary N) is 1. The molecule has 1 aliphatic rings. The quantitative estimate of drug-likeness (QED) is 0.650. The number of allylic oxidation sites excluding steroid dienone is 1. The Morgan fingerprint density at radius 2 is 2.38 bits per heavy atom. The topological polar surface area (TPSA) is 49.3 Å². The Bertz CT molecular complexity index is 217. The van der Waals surface area contributed by atoms with Gasteiger partial charge in [0, 0.05) is 6.54 Å². The summed E-state index contributed by atoms with van der Waals surface area (Å²) < 4.78 is 0. The van der Waals surface area contributed by atoms with E-state index in [1.54, 1.807) is 0 Å². The highest BCUT2D eigenvalue weighted by Gasteiger charge is 2.39. The van der Waals surface area contributed by atoms with Gasteiger partial charge in [0.2, 0.25) is 0 Å². The molecular formula is C10H17NO2. The van der Waals surface area contributed by atoms with Crippen molar-refractivity contribution < 1.29 is 9.90 Å². The molecule has 0 saturated carbocycles. The molecule has 1 rings (SSSR count). The molecule has 0 bridgehead atoms. The SMILES string of the molecule is C=C(C)CC1(C(=O)O)CCCNC1. The second-order valence-corrected chi connectivity index (χ2v) is 4.00. The summed E-state index contributed by atoms with van der Waals surface area (Å²) in [5, 5.41) is 12.3. The standard InChI is InChI=1S/C10H17NO2/c1-8(2)6-10(9(12)13)4-3-5-11-7-10/h11H,1,3-7H2,2H3,(H,12,13). The van der Waals surface area contributed by atoms with Gasteiger partial charge in [-0.25, -0.2) is 0 Å². The highest BCUT2D eigenvalue weighted by atomic mass is 16.4. The summed E-state index contributed by atoms with van der Waals surface area (Å²) in [6, 6.07) is 0. The third kappa shape index (κ3) is 2.31. The lowest BCUT2D eigenvalue weighted by atomic mass is 9.76. The van der Waals surface area contributed by atoms with Crippen LogP contribution in [0.4, 0.5) is 0 Å². The zero-order valence-electron chi connectivity index (χ0n) is 8.10. The molecule has 3 nitrogen and oxygen atoms in total. The van der Waals surface area contributed by atoms with E-state index in [4.69, 9.17) is 5.11 Å². The summed E-state index contributed by atoms with van der Waals surface area (Å²) in [5.74, 6) is -0.692. The van der Waals surface area contributed by atoms with Crippen molar-refractivity contribution in [3.05, 3.63) is 12.2 Å². The van der Waals surface area contributed by atoms with E-state index >= 15 is 0 Å². The highest BCUT2D eigenvalue weighted by molar-refractivity contribution is 5.75. The van der Waals surface area contributed by atoms with Crippen LogP contribution < -0.4 is 5.32 Å². The molecule has 1 fully saturated rings. The summed E-state index contributed by atoms with van der Waals surface area (Å²) in [4.78, 5) is 11.1. The number of aliphatic carboxylic acids is 1. The summed E-state index contributed by atoms with van der Waals surface area (Å²) in [5.41, 5.74) is 0.357. The molecule has 1 unspecified atom stereocenters. The van der Waals surface area contributed by atoms with Crippen molar-refractivity contribution in [3.8, 4) is 0 Å². The Hall–Kier alpha value is -0.830. The molecule has 0 aromatic rings. The van der Waals surface area contributed by atoms with Gasteiger partial charge < -0.3 is 10.4 Å². The Labute approximate surface area is 78.8 Å². The van der Waals surface area contributed by atoms with Gasteiger partial charge in [-0.15, -0.1) is 6.58 Å². The fourth-order valence-corrected chi connectivity index (χ4v) is 1.95. The lowest BCUT2D eigenvalue weighted by Gasteiger charge is -2.33. The van der Waals surface area contributed by atoms with Crippen molar-refractivity contribution in [3.63, 3.8) is 0 Å². The van der Waals surface area contributed by atoms with Crippen molar-refractivity contribution in [2.24, 2.45) is 5.41 Å². The minimum atomic E-state index is -0.692. The van der Waals surface area contributed by atoms with Crippen LogP contribution in [0, 0.1) is 5.41 Å². The van der Waals surface area contributed by atoms with Gasteiger partial charge in [-0.1, -0.05) is 5.57 Å². The van der Waals surface area contributed by atoms with Gasteiger partial charge in [0.05, 0.1) is 5.41 Å². The minimum absolute atomic E-state index is 0.579. The monoisotopic (exact) mass is 183 g/mol. The normalized spacial score (nSPS) is 28.4. The van der Waals surface area contributed by atoms with Crippen LogP contribution in [0.1, 0.15) is 26.2 Å². The maximum absolute atomic E-state index is 11.1. The Kier molecular flexibility index (Phi) is 3.09. The molecule has 1 atom stereocenters. The molecule has 2 N–H and O–H groups in total. The average Bonchev–Trinajstić information content (AvgIpc) is 2.04. The molecule has 0 aromatic heterocycles. The number of carbonyl (C=O) groups is 1. The second kappa shape index (κ2) is 3.92. The maximum Gasteiger partial charge on any atom is 0.311 e. The summed E-state index contributed by atoms with van der Waals surface area (Å²) in [7, 11) is 0. The molecule has 13 heavy (non-hydrogen) atoms. The molecule has 0 spiro atoms. The van der Waals surface area contributed by atoms with Crippen LogP contribution in [0.5, 0.6) is 0 Å². The van der Waals surface area contributed by atoms with Crippen LogP contribution >= 0.6 is 0 Å². The third-order valence-electron chi connectivity index (χ3n) is 2.57. The predicted octanol–water partition coefficient (Wildman–Crippen LogP) is 1.41. The molecule has 0 aromatic carbocycles. The lowest BCUT2D eigenvalue weighted by molar-refractivity contribution is -0.150. The van der Waals surface area contributed by atoms with E-state index in [2.05, 4.69) is 11.9 Å². The first-order valence-corrected chi connectivity index (χ1v) is 4.65. The van der Waals surface area contributed by atoms with Crippen molar-refractivity contribution in [1.82, 2.24) is 5.32 Å². The fraction of sp³-hybridized carbons (Fsp3) is 0.700. The zero-order chi connectivity index (χ0) is 9.90. The largest absolute Gasteiger partial charge is 0.481 e. The first-order chi connectivity index (χ1) is 6.07. The van der Waals surface area contributed by atoms with Gasteiger partial charge in [0.15, 0.2) is 0 Å². The van der Waals surface area contributed by atoms with Crippen LogP contribution in [0.2, 0.25) is 0 Å². The Morgan fingerprint density at radius 1 is 1.69 bits per heavy atom. The van der Waals surface area contributed by atoms with Gasteiger partial charge >= 0.3 is 5.97 Å². The number of carboxylic acid groups (broad SMARTS) is 1. The number of carboxylic acids is 1. The number of hydrogen-bond donors (Lipinski definition) is 2. The third-order valence-corrected chi connectivity index (χ3v) is 2.57. The van der Waals surface area contributed by atoms with E-state index in [-0.39, 0.29) is 0 Å². The van der Waals surface area contributed by atoms with Crippen LogP contribution in [0.3, 0.4) is 0 Å². The average molecular weight is 183 g/mol. The van der Waals surface area contributed by atoms with E-state index in [9.17, 15) is 4.79 Å². The molecule has 3 heteroatoms. The number of hydrogen-bond acceptors (Lipinski definition) is 2. The van der Waals surface area contributed by atoms with E-state index in [1.165, 1.54) is 0 Å². The van der Waals surface area contributed by atoms with Crippen LogP contribution in [0.25, 0.3) is 0 Å². The van der Waals surface area contributed by atoms with Crippen molar-refractivity contribution in [1.29, 1.82) is 0 Å². The van der Waals surface area contributed by atoms with Crippen molar-refractivity contribution in [2.45, 2.75) is 26.2 Å². The summed E-state index contributed by atoms with van der Waals surface area (Å²) in [6.45, 7) is 7.19. The van der Waals surface area contributed by atoms with E-state index in [0.717, 1.165) is 25.0 Å². The van der Waals surface area contributed by atoms with Gasteiger partial charge in [-0.3, -0.25) is 4.79 Å². The first kappa shape index (κ1) is 10.3. The molecule has 1 saturated heterocycles. The smallest absolute Gasteiger partial charge is 0.311 e. The van der Waals surface area contributed by atoms with Crippen molar-refractivity contribution in [2.75, 3.05) is 13.1 Å². The van der Waals surface area contributed by atoms with E-state index < -0.39 is 11.4 Å². The fourth-order valence-electron chi connectivity index (χ4n) is 1.95. The van der Waals surface area contributed by atoms with Crippen LogP contribution in [-0.4, -0.2) is 24.2 Å². The molecule has 0 amide bonds. The zero-order valence-corrected chi connectivity index (χ0v) is 8.10. The van der Waals surface area contributed by atoms with Gasteiger partial charge in [0.25, 0.3) is 0 Å². The Balaban J connectivity index is 2.73. The molecule has 0 radical (unpaired) electrons. The summed E-state index contributed by atoms with van der Waals surface area (Å²) >= 11 is 0. The molecule has 74 valence electrons. The van der Waals surface area contributed by atoms with Crippen LogP contribution in [-0.2, 0) is 4.79 Å². The van der Waals surface area contributed by atoms with E-state index in [0.29, 0.717) is 13.0 Å². The minimum Gasteiger partial charge on any atom is -0.481 e. The second-order valence-electron chi connectivity index (χ2n) is 4.00. The highest BCUT2D eigenvalue weighted by Crippen LogP contribution is 2.32. The van der Waals surface area contributed by atoms with Crippen molar-refractivity contribution >= 4 is 5.97 Å². The Morgan fingerprint density at radius 3 is 2.77 bits per heavy atom. The van der Waals surface area contributed by atoms with Gasteiger partial charge in [-0.05, 0) is 32.7 Å². The molecule has 1 heterocycles. The molecule has 1 aliphatic heterocycles. The van der Waals surface area contributed by atoms with Gasteiger partial charge in [0.1, 0.15) is 0 Å². The number of piperidine rings is 1. The molecule has 0 aliphatic carbocycles. The van der Waals surface area contributed by atoms with Crippen LogP contribution in [0.15, 0.2) is 12.2 Å². The number of rotatable bonds is 3. The van der Waals surface area contributed by atoms with Gasteiger partial charge in [-0.2, -0.15) is 0 Å². The molecular weight excluding hydrogens is 166 g/mol. The maximum atomic E-state index is 11.1. The first-order valence-electron chi connectivity index (χ1n) is 4.65. The van der Waals surface area contributed by atoms with E-state index in [1.807, 2.05) is 6.92 Å². The summed E-state index contributed by atoms with van der Waals surface area (Å²) in [6.07, 6.45) is 2.30.